The molecule has 0 fully saturated rings. The maximum Gasteiger partial charge on any atom is 0.113 e. The lowest BCUT2D eigenvalue weighted by molar-refractivity contribution is 0.224. The molecule has 15 heavy (non-hydrogen) atoms. The second kappa shape index (κ2) is 4.82. The predicted molar refractivity (Wildman–Crippen MR) is 72.5 cm³/mol. The second-order valence-corrected chi connectivity index (χ2v) is 6.09. The topological polar surface area (TPSA) is 20.2 Å². The molecule has 1 nitrogen and oxygen atoms in total. The molecule has 1 atom stereocenters. The molecule has 0 spiro atoms. The van der Waals surface area contributed by atoms with Crippen LogP contribution >= 0.6 is 45.5 Å². The average Bonchev–Trinajstić information content (AvgIpc) is 2.65. The van der Waals surface area contributed by atoms with Gasteiger partial charge in [-0.2, -0.15) is 0 Å². The minimum absolute atomic E-state index is 0.570. The summed E-state index contributed by atoms with van der Waals surface area (Å²) in [6.07, 6.45) is -0.570. The van der Waals surface area contributed by atoms with Crippen molar-refractivity contribution in [2.45, 2.75) is 6.10 Å². The molecule has 78 valence electrons. The van der Waals surface area contributed by atoms with Gasteiger partial charge in [0.2, 0.25) is 0 Å². The van der Waals surface area contributed by atoms with Gasteiger partial charge in [-0.15, -0.1) is 11.3 Å². The van der Waals surface area contributed by atoms with Crippen molar-refractivity contribution in [3.8, 4) is 0 Å². The van der Waals surface area contributed by atoms with E-state index in [1.807, 2.05) is 30.3 Å². The summed E-state index contributed by atoms with van der Waals surface area (Å²) in [6.45, 7) is 0. The first-order chi connectivity index (χ1) is 7.16. The molecule has 0 saturated carbocycles. The summed E-state index contributed by atoms with van der Waals surface area (Å²) in [5, 5.41) is 10.0. The average molecular weight is 351 g/mol. The van der Waals surface area contributed by atoms with E-state index in [1.165, 1.54) is 11.3 Å². The Bertz CT molecular complexity index is 452. The van der Waals surface area contributed by atoms with Gasteiger partial charge in [0, 0.05) is 8.45 Å². The highest BCUT2D eigenvalue weighted by molar-refractivity contribution is 14.1. The van der Waals surface area contributed by atoms with Gasteiger partial charge in [0.05, 0.1) is 4.34 Å². The molecule has 1 aromatic carbocycles. The quantitative estimate of drug-likeness (QED) is 0.809. The Labute approximate surface area is 111 Å². The maximum absolute atomic E-state index is 10.0. The van der Waals surface area contributed by atoms with E-state index in [4.69, 9.17) is 11.6 Å². The molecule has 0 amide bonds. The molecule has 1 aromatic heterocycles. The van der Waals surface area contributed by atoms with Crippen LogP contribution in [-0.4, -0.2) is 5.11 Å². The van der Waals surface area contributed by atoms with Gasteiger partial charge in [-0.3, -0.25) is 0 Å². The molecule has 1 N–H and O–H groups in total. The zero-order chi connectivity index (χ0) is 10.8. The lowest BCUT2D eigenvalue weighted by Crippen LogP contribution is -1.96. The minimum Gasteiger partial charge on any atom is -0.383 e. The Morgan fingerprint density at radius 3 is 2.33 bits per heavy atom. The fourth-order valence-corrected chi connectivity index (χ4v) is 2.72. The number of rotatable bonds is 2. The van der Waals surface area contributed by atoms with Crippen LogP contribution in [0.4, 0.5) is 0 Å². The summed E-state index contributed by atoms with van der Waals surface area (Å²) in [4.78, 5) is 0.876. The SMILES string of the molecule is OC(c1ccc(I)cc1)c1ccc(Cl)s1. The highest BCUT2D eigenvalue weighted by Crippen LogP contribution is 2.30. The summed E-state index contributed by atoms with van der Waals surface area (Å²) < 4.78 is 1.86. The Morgan fingerprint density at radius 1 is 1.13 bits per heavy atom. The van der Waals surface area contributed by atoms with Crippen molar-refractivity contribution < 1.29 is 5.11 Å². The second-order valence-electron chi connectivity index (χ2n) is 3.10. The van der Waals surface area contributed by atoms with Gasteiger partial charge >= 0.3 is 0 Å². The summed E-state index contributed by atoms with van der Waals surface area (Å²) >= 11 is 9.47. The van der Waals surface area contributed by atoms with Crippen molar-refractivity contribution in [1.82, 2.24) is 0 Å². The summed E-state index contributed by atoms with van der Waals surface area (Å²) in [6, 6.07) is 11.5. The van der Waals surface area contributed by atoms with Crippen molar-refractivity contribution in [2.75, 3.05) is 0 Å². The van der Waals surface area contributed by atoms with E-state index in [9.17, 15) is 5.11 Å². The highest BCUT2D eigenvalue weighted by Gasteiger charge is 2.12. The van der Waals surface area contributed by atoms with Gasteiger partial charge in [0.1, 0.15) is 6.10 Å². The molecule has 0 aliphatic rings. The molecule has 2 aromatic rings. The first kappa shape index (κ1) is 11.4. The molecule has 0 radical (unpaired) electrons. The fraction of sp³-hybridized carbons (Fsp3) is 0.0909. The Hall–Kier alpha value is -0.100. The van der Waals surface area contributed by atoms with E-state index in [0.717, 1.165) is 14.0 Å². The summed E-state index contributed by atoms with van der Waals surface area (Å²) in [5.41, 5.74) is 0.897. The van der Waals surface area contributed by atoms with Crippen LogP contribution in [-0.2, 0) is 0 Å². The van der Waals surface area contributed by atoms with Crippen LogP contribution in [0.1, 0.15) is 16.5 Å². The molecule has 1 heterocycles. The largest absolute Gasteiger partial charge is 0.383 e. The van der Waals surface area contributed by atoms with Gasteiger partial charge in [-0.1, -0.05) is 23.7 Å². The molecule has 2 rings (SSSR count). The van der Waals surface area contributed by atoms with Crippen molar-refractivity contribution >= 4 is 45.5 Å². The maximum atomic E-state index is 10.0. The smallest absolute Gasteiger partial charge is 0.113 e. The first-order valence-electron chi connectivity index (χ1n) is 4.35. The lowest BCUT2D eigenvalue weighted by Gasteiger charge is -2.08. The number of halogens is 2. The third kappa shape index (κ3) is 2.72. The van der Waals surface area contributed by atoms with E-state index < -0.39 is 6.10 Å². The van der Waals surface area contributed by atoms with Crippen molar-refractivity contribution in [2.24, 2.45) is 0 Å². The van der Waals surface area contributed by atoms with Crippen LogP contribution < -0.4 is 0 Å². The predicted octanol–water partition coefficient (Wildman–Crippen LogP) is 4.09. The third-order valence-corrected chi connectivity index (χ3v) is 4.05. The molecule has 1 unspecified atom stereocenters. The standard InChI is InChI=1S/C11H8ClIOS/c12-10-6-5-9(15-10)11(14)7-1-3-8(13)4-2-7/h1-6,11,14H. The Kier molecular flexibility index (Phi) is 3.66. The normalized spacial score (nSPS) is 12.7. The van der Waals surface area contributed by atoms with Gasteiger partial charge < -0.3 is 5.11 Å². The minimum atomic E-state index is -0.570. The van der Waals surface area contributed by atoms with E-state index in [1.54, 1.807) is 6.07 Å². The van der Waals surface area contributed by atoms with Gasteiger partial charge in [-0.25, -0.2) is 0 Å². The Balaban J connectivity index is 2.28. The molecule has 0 aliphatic heterocycles. The van der Waals surface area contributed by atoms with Crippen LogP contribution in [0.2, 0.25) is 4.34 Å². The first-order valence-corrected chi connectivity index (χ1v) is 6.63. The third-order valence-electron chi connectivity index (χ3n) is 2.05. The number of hydrogen-bond acceptors (Lipinski definition) is 2. The van der Waals surface area contributed by atoms with Crippen LogP contribution in [0, 0.1) is 3.57 Å². The van der Waals surface area contributed by atoms with Gasteiger partial charge in [0.25, 0.3) is 0 Å². The molecule has 0 bridgehead atoms. The molecule has 0 aliphatic carbocycles. The van der Waals surface area contributed by atoms with Crippen LogP contribution in [0.25, 0.3) is 0 Å². The number of hydrogen-bond donors (Lipinski definition) is 1. The van der Waals surface area contributed by atoms with E-state index in [-0.39, 0.29) is 0 Å². The highest BCUT2D eigenvalue weighted by atomic mass is 127. The van der Waals surface area contributed by atoms with Crippen LogP contribution in [0.15, 0.2) is 36.4 Å². The molecular formula is C11H8ClIOS. The van der Waals surface area contributed by atoms with Gasteiger partial charge in [0.15, 0.2) is 0 Å². The van der Waals surface area contributed by atoms with Crippen LogP contribution in [0.3, 0.4) is 0 Å². The van der Waals surface area contributed by atoms with E-state index >= 15 is 0 Å². The zero-order valence-corrected chi connectivity index (χ0v) is 11.4. The summed E-state index contributed by atoms with van der Waals surface area (Å²) in [7, 11) is 0. The van der Waals surface area contributed by atoms with Crippen molar-refractivity contribution in [3.05, 3.63) is 54.7 Å². The van der Waals surface area contributed by atoms with Crippen LogP contribution in [0.5, 0.6) is 0 Å². The molecule has 4 heteroatoms. The van der Waals surface area contributed by atoms with E-state index in [0.29, 0.717) is 4.34 Å². The number of thiophene rings is 1. The fourth-order valence-electron chi connectivity index (χ4n) is 1.28. The molecule has 0 saturated heterocycles. The number of aliphatic hydroxyl groups excluding tert-OH is 1. The molecular weight excluding hydrogens is 343 g/mol. The lowest BCUT2D eigenvalue weighted by atomic mass is 10.1. The van der Waals surface area contributed by atoms with Gasteiger partial charge in [-0.05, 0) is 52.4 Å². The monoisotopic (exact) mass is 350 g/mol. The van der Waals surface area contributed by atoms with E-state index in [2.05, 4.69) is 22.6 Å². The summed E-state index contributed by atoms with van der Waals surface area (Å²) in [5.74, 6) is 0. The Morgan fingerprint density at radius 2 is 1.80 bits per heavy atom. The zero-order valence-electron chi connectivity index (χ0n) is 7.65. The van der Waals surface area contributed by atoms with Crippen molar-refractivity contribution in [1.29, 1.82) is 0 Å². The number of aliphatic hydroxyl groups is 1. The van der Waals surface area contributed by atoms with Crippen molar-refractivity contribution in [3.63, 3.8) is 0 Å². The number of benzene rings is 1.